The van der Waals surface area contributed by atoms with E-state index in [1.807, 2.05) is 34.9 Å². The molecule has 2 atom stereocenters. The van der Waals surface area contributed by atoms with Crippen LogP contribution < -0.4 is 5.73 Å². The zero-order valence-electron chi connectivity index (χ0n) is 17.1. The van der Waals surface area contributed by atoms with E-state index < -0.39 is 23.7 Å². The summed E-state index contributed by atoms with van der Waals surface area (Å²) in [5.74, 6) is -5.43. The van der Waals surface area contributed by atoms with Gasteiger partial charge in [-0.05, 0) is 44.3 Å². The largest absolute Gasteiger partial charge is 0.369 e. The number of imidazole rings is 1. The summed E-state index contributed by atoms with van der Waals surface area (Å²) in [6.45, 7) is 0.102. The summed E-state index contributed by atoms with van der Waals surface area (Å²) in [5, 5.41) is 1.25. The summed E-state index contributed by atoms with van der Waals surface area (Å²) >= 11 is 2.77. The van der Waals surface area contributed by atoms with E-state index in [0.29, 0.717) is 22.8 Å². The van der Waals surface area contributed by atoms with Crippen LogP contribution in [0.15, 0.2) is 52.8 Å². The van der Waals surface area contributed by atoms with Crippen molar-refractivity contribution in [2.24, 2.45) is 11.7 Å². The van der Waals surface area contributed by atoms with Gasteiger partial charge < -0.3 is 10.6 Å². The first-order valence-corrected chi connectivity index (χ1v) is 11.7. The number of amides is 1. The second kappa shape index (κ2) is 8.05. The van der Waals surface area contributed by atoms with Gasteiger partial charge in [-0.2, -0.15) is 0 Å². The SMILES string of the molecule is CN1CCC(C(C(N)=O)c2nc3ccc(Sc4cnc5ncccn45)cc3s2)C(F)(F)C1. The molecule has 0 aliphatic carbocycles. The number of hydrogen-bond acceptors (Lipinski definition) is 7. The zero-order valence-corrected chi connectivity index (χ0v) is 18.7. The van der Waals surface area contributed by atoms with Crippen molar-refractivity contribution in [3.63, 3.8) is 0 Å². The van der Waals surface area contributed by atoms with Gasteiger partial charge in [0.2, 0.25) is 11.7 Å². The van der Waals surface area contributed by atoms with Crippen molar-refractivity contribution in [1.29, 1.82) is 0 Å². The van der Waals surface area contributed by atoms with Crippen LogP contribution in [0.5, 0.6) is 0 Å². The predicted octanol–water partition coefficient (Wildman–Crippen LogP) is 3.65. The molecule has 2 N–H and O–H groups in total. The highest BCUT2D eigenvalue weighted by Crippen LogP contribution is 2.44. The van der Waals surface area contributed by atoms with Crippen LogP contribution in [0.25, 0.3) is 16.0 Å². The maximum Gasteiger partial charge on any atom is 0.264 e. The van der Waals surface area contributed by atoms with Gasteiger partial charge in [0.15, 0.2) is 0 Å². The molecule has 166 valence electrons. The van der Waals surface area contributed by atoms with Gasteiger partial charge >= 0.3 is 0 Å². The lowest BCUT2D eigenvalue weighted by atomic mass is 9.81. The van der Waals surface area contributed by atoms with Crippen LogP contribution in [0.4, 0.5) is 8.78 Å². The second-order valence-electron chi connectivity index (χ2n) is 7.94. The van der Waals surface area contributed by atoms with Crippen LogP contribution in [-0.4, -0.2) is 56.2 Å². The second-order valence-corrected chi connectivity index (χ2v) is 10.1. The maximum absolute atomic E-state index is 14.8. The number of halogens is 2. The number of benzene rings is 1. The molecule has 1 saturated heterocycles. The summed E-state index contributed by atoms with van der Waals surface area (Å²) in [6.07, 6.45) is 5.52. The smallest absolute Gasteiger partial charge is 0.264 e. The molecular weight excluding hydrogens is 454 g/mol. The Balaban J connectivity index is 1.47. The lowest BCUT2D eigenvalue weighted by molar-refractivity contribution is -0.137. The van der Waals surface area contributed by atoms with E-state index in [9.17, 15) is 13.6 Å². The number of carbonyl (C=O) groups excluding carboxylic acids is 1. The molecule has 1 aliphatic rings. The summed E-state index contributed by atoms with van der Waals surface area (Å²) in [5.41, 5.74) is 6.27. The summed E-state index contributed by atoms with van der Waals surface area (Å²) in [6, 6.07) is 7.53. The van der Waals surface area contributed by atoms with E-state index in [2.05, 4.69) is 15.0 Å². The fourth-order valence-corrected chi connectivity index (χ4v) is 6.31. The monoisotopic (exact) mass is 474 g/mol. The third-order valence-electron chi connectivity index (χ3n) is 5.67. The van der Waals surface area contributed by atoms with Crippen LogP contribution >= 0.6 is 23.1 Å². The molecule has 2 unspecified atom stereocenters. The highest BCUT2D eigenvalue weighted by Gasteiger charge is 2.50. The van der Waals surface area contributed by atoms with E-state index in [-0.39, 0.29) is 13.0 Å². The fraction of sp³-hybridized carbons (Fsp3) is 0.333. The number of fused-ring (bicyclic) bond motifs is 2. The molecule has 1 fully saturated rings. The number of nitrogens with two attached hydrogens (primary N) is 1. The molecule has 32 heavy (non-hydrogen) atoms. The molecule has 4 aromatic rings. The Kier molecular flexibility index (Phi) is 5.34. The quantitative estimate of drug-likeness (QED) is 0.475. The topological polar surface area (TPSA) is 89.4 Å². The van der Waals surface area contributed by atoms with Crippen molar-refractivity contribution < 1.29 is 13.6 Å². The first kappa shape index (κ1) is 21.2. The molecule has 0 saturated carbocycles. The number of likely N-dealkylation sites (tertiary alicyclic amines) is 1. The minimum absolute atomic E-state index is 0.191. The van der Waals surface area contributed by atoms with Gasteiger partial charge in [0, 0.05) is 23.2 Å². The summed E-state index contributed by atoms with van der Waals surface area (Å²) in [7, 11) is 1.65. The highest BCUT2D eigenvalue weighted by atomic mass is 32.2. The molecule has 0 radical (unpaired) electrons. The molecule has 0 bridgehead atoms. The Hall–Kier alpha value is -2.63. The minimum Gasteiger partial charge on any atom is -0.369 e. The fourth-order valence-electron chi connectivity index (χ4n) is 4.15. The highest BCUT2D eigenvalue weighted by molar-refractivity contribution is 7.99. The van der Waals surface area contributed by atoms with Crippen molar-refractivity contribution >= 4 is 45.0 Å². The number of alkyl halides is 2. The normalized spacial score (nSPS) is 20.0. The number of hydrogen-bond donors (Lipinski definition) is 1. The van der Waals surface area contributed by atoms with Crippen molar-refractivity contribution in [3.8, 4) is 0 Å². The van der Waals surface area contributed by atoms with E-state index in [0.717, 1.165) is 14.6 Å². The van der Waals surface area contributed by atoms with Gasteiger partial charge in [-0.3, -0.25) is 9.20 Å². The minimum atomic E-state index is -3.01. The predicted molar refractivity (Wildman–Crippen MR) is 119 cm³/mol. The molecule has 5 rings (SSSR count). The number of rotatable bonds is 5. The Labute approximate surface area is 190 Å². The number of thiazole rings is 1. The number of carbonyl (C=O) groups is 1. The van der Waals surface area contributed by atoms with Gasteiger partial charge in [0.25, 0.3) is 5.92 Å². The first-order valence-electron chi connectivity index (χ1n) is 10.0. The van der Waals surface area contributed by atoms with Gasteiger partial charge in [-0.25, -0.2) is 23.7 Å². The third-order valence-corrected chi connectivity index (χ3v) is 7.78. The lowest BCUT2D eigenvalue weighted by Crippen LogP contribution is -2.50. The maximum atomic E-state index is 14.8. The van der Waals surface area contributed by atoms with Crippen LogP contribution in [0, 0.1) is 5.92 Å². The van der Waals surface area contributed by atoms with Crippen LogP contribution in [0.3, 0.4) is 0 Å². The number of aromatic nitrogens is 4. The van der Waals surface area contributed by atoms with Gasteiger partial charge in [0.05, 0.1) is 28.9 Å². The molecule has 7 nitrogen and oxygen atoms in total. The molecule has 0 spiro atoms. The van der Waals surface area contributed by atoms with Crippen LogP contribution in [0.2, 0.25) is 0 Å². The average Bonchev–Trinajstić information content (AvgIpc) is 3.33. The molecule has 11 heteroatoms. The van der Waals surface area contributed by atoms with Crippen LogP contribution in [0.1, 0.15) is 17.3 Å². The van der Waals surface area contributed by atoms with E-state index in [1.54, 1.807) is 24.3 Å². The van der Waals surface area contributed by atoms with Crippen molar-refractivity contribution in [2.75, 3.05) is 20.1 Å². The van der Waals surface area contributed by atoms with Crippen molar-refractivity contribution in [3.05, 3.63) is 47.9 Å². The van der Waals surface area contributed by atoms with Gasteiger partial charge in [0.1, 0.15) is 10.0 Å². The zero-order chi connectivity index (χ0) is 22.5. The van der Waals surface area contributed by atoms with Crippen molar-refractivity contribution in [1.82, 2.24) is 24.3 Å². The Bertz CT molecular complexity index is 1310. The standard InChI is InChI=1S/C21H20F2N6OS2/c1-28-8-5-13(21(22,23)11-28)17(18(24)30)19-27-14-4-3-12(9-15(14)32-19)31-16-10-26-20-25-6-2-7-29(16)20/h2-4,6-7,9-10,13,17H,5,8,11H2,1H3,(H2,24,30). The van der Waals surface area contributed by atoms with Gasteiger partial charge in [-0.15, -0.1) is 11.3 Å². The molecule has 1 aromatic carbocycles. The first-order chi connectivity index (χ1) is 15.3. The molecule has 1 aliphatic heterocycles. The van der Waals surface area contributed by atoms with Gasteiger partial charge in [-0.1, -0.05) is 11.8 Å². The Morgan fingerprint density at radius 2 is 2.22 bits per heavy atom. The summed E-state index contributed by atoms with van der Waals surface area (Å²) < 4.78 is 32.3. The molecule has 1 amide bonds. The molecule has 4 heterocycles. The Morgan fingerprint density at radius 1 is 1.38 bits per heavy atom. The molecule has 3 aromatic heterocycles. The van der Waals surface area contributed by atoms with E-state index >= 15 is 0 Å². The average molecular weight is 475 g/mol. The van der Waals surface area contributed by atoms with Crippen molar-refractivity contribution in [2.45, 2.75) is 28.2 Å². The third kappa shape index (κ3) is 3.84. The summed E-state index contributed by atoms with van der Waals surface area (Å²) in [4.78, 5) is 27.8. The van der Waals surface area contributed by atoms with Crippen LogP contribution in [-0.2, 0) is 4.79 Å². The van der Waals surface area contributed by atoms with E-state index in [1.165, 1.54) is 23.1 Å². The number of piperidine rings is 1. The number of nitrogens with zero attached hydrogens (tertiary/aromatic N) is 5. The van der Waals surface area contributed by atoms with E-state index in [4.69, 9.17) is 5.73 Å². The Morgan fingerprint density at radius 3 is 3.00 bits per heavy atom. The lowest BCUT2D eigenvalue weighted by Gasteiger charge is -2.38. The number of primary amides is 1. The molecular formula is C21H20F2N6OS2.